The van der Waals surface area contributed by atoms with Gasteiger partial charge in [0.15, 0.2) is 11.9 Å². The number of anilines is 1. The van der Waals surface area contributed by atoms with Crippen molar-refractivity contribution >= 4 is 11.7 Å². The number of carboxylic acids is 1. The molecule has 1 aliphatic rings. The molecular formula is C33H42FN3O4. The fourth-order valence-electron chi connectivity index (χ4n) is 5.10. The van der Waals surface area contributed by atoms with Crippen molar-refractivity contribution in [2.75, 3.05) is 24.6 Å². The summed E-state index contributed by atoms with van der Waals surface area (Å²) in [7, 11) is 0. The second-order valence-corrected chi connectivity index (χ2v) is 12.7. The van der Waals surface area contributed by atoms with Gasteiger partial charge in [0.25, 0.3) is 0 Å². The lowest BCUT2D eigenvalue weighted by molar-refractivity contribution is -0.160. The van der Waals surface area contributed by atoms with Crippen LogP contribution in [0.1, 0.15) is 75.9 Å². The number of halogens is 1. The average molecular weight is 564 g/mol. The molecule has 2 aromatic heterocycles. The number of hydrogen-bond donors (Lipinski definition) is 1. The third-order valence-electron chi connectivity index (χ3n) is 7.55. The van der Waals surface area contributed by atoms with Gasteiger partial charge in [0.2, 0.25) is 5.88 Å². The highest BCUT2D eigenvalue weighted by molar-refractivity contribution is 5.86. The number of carbonyl (C=O) groups is 1. The standard InChI is InChI=1S/C33H42FN3O4/c1-21-8-10-23(11-9-21)12-17-40-30-26(34)18-24(19-36-30)25-20-35-22(2)27(29(31(38)39)41-32(3,4)5)28(25)37-15-13-33(6,7)14-16-37/h8-11,18-20,29H,12-17H2,1-7H3,(H,38,39). The van der Waals surface area contributed by atoms with Gasteiger partial charge in [0.05, 0.1) is 17.9 Å². The van der Waals surface area contributed by atoms with Gasteiger partial charge >= 0.3 is 5.97 Å². The molecule has 41 heavy (non-hydrogen) atoms. The first-order valence-corrected chi connectivity index (χ1v) is 14.2. The van der Waals surface area contributed by atoms with E-state index in [-0.39, 0.29) is 11.3 Å². The number of piperidine rings is 1. The zero-order valence-corrected chi connectivity index (χ0v) is 25.3. The molecule has 8 heteroatoms. The molecule has 0 radical (unpaired) electrons. The molecule has 1 aromatic carbocycles. The number of aliphatic carboxylic acids is 1. The summed E-state index contributed by atoms with van der Waals surface area (Å²) in [5, 5.41) is 10.3. The lowest BCUT2D eigenvalue weighted by Gasteiger charge is -2.40. The Kier molecular flexibility index (Phi) is 9.02. The lowest BCUT2D eigenvalue weighted by atomic mass is 9.82. The minimum absolute atomic E-state index is 0.0677. The molecule has 4 rings (SSSR count). The first-order valence-electron chi connectivity index (χ1n) is 14.2. The van der Waals surface area contributed by atoms with Crippen molar-refractivity contribution in [2.45, 2.75) is 79.4 Å². The van der Waals surface area contributed by atoms with E-state index in [0.29, 0.717) is 41.1 Å². The molecule has 1 saturated heterocycles. The second-order valence-electron chi connectivity index (χ2n) is 12.7. The van der Waals surface area contributed by atoms with Crippen molar-refractivity contribution in [1.82, 2.24) is 9.97 Å². The van der Waals surface area contributed by atoms with Crippen LogP contribution in [0.4, 0.5) is 10.1 Å². The molecule has 1 N–H and O–H groups in total. The number of aromatic nitrogens is 2. The van der Waals surface area contributed by atoms with Crippen LogP contribution in [0.15, 0.2) is 42.7 Å². The fourth-order valence-corrected chi connectivity index (χ4v) is 5.10. The zero-order valence-electron chi connectivity index (χ0n) is 25.3. The number of hydrogen-bond acceptors (Lipinski definition) is 6. The molecule has 0 saturated carbocycles. The van der Waals surface area contributed by atoms with Crippen LogP contribution in [-0.4, -0.2) is 46.3 Å². The summed E-state index contributed by atoms with van der Waals surface area (Å²) in [6, 6.07) is 9.53. The van der Waals surface area contributed by atoms with E-state index in [1.807, 2.05) is 52.0 Å². The first kappa shape index (κ1) is 30.4. The van der Waals surface area contributed by atoms with Crippen molar-refractivity contribution in [3.63, 3.8) is 0 Å². The molecule has 0 bridgehead atoms. The van der Waals surface area contributed by atoms with Gasteiger partial charge in [-0.2, -0.15) is 0 Å². The molecule has 1 atom stereocenters. The van der Waals surface area contributed by atoms with Crippen LogP contribution in [0.2, 0.25) is 0 Å². The van der Waals surface area contributed by atoms with Crippen LogP contribution in [0.3, 0.4) is 0 Å². The highest BCUT2D eigenvalue weighted by atomic mass is 19.1. The largest absolute Gasteiger partial charge is 0.479 e. The Bertz CT molecular complexity index is 1370. The summed E-state index contributed by atoms with van der Waals surface area (Å²) in [4.78, 5) is 23.6. The van der Waals surface area contributed by atoms with E-state index in [0.717, 1.165) is 31.5 Å². The minimum Gasteiger partial charge on any atom is -0.479 e. The summed E-state index contributed by atoms with van der Waals surface area (Å²) in [6.07, 6.45) is 4.51. The Morgan fingerprint density at radius 1 is 1.10 bits per heavy atom. The summed E-state index contributed by atoms with van der Waals surface area (Å²) in [5.41, 5.74) is 4.63. The summed E-state index contributed by atoms with van der Waals surface area (Å²) >= 11 is 0. The van der Waals surface area contributed by atoms with Crippen LogP contribution in [0, 0.1) is 25.1 Å². The molecule has 1 aliphatic heterocycles. The maximum absolute atomic E-state index is 15.3. The molecule has 1 unspecified atom stereocenters. The van der Waals surface area contributed by atoms with Gasteiger partial charge in [-0.05, 0) is 64.5 Å². The Balaban J connectivity index is 1.71. The topological polar surface area (TPSA) is 84.8 Å². The average Bonchev–Trinajstić information content (AvgIpc) is 2.89. The van der Waals surface area contributed by atoms with Gasteiger partial charge in [-0.3, -0.25) is 4.98 Å². The monoisotopic (exact) mass is 563 g/mol. The van der Waals surface area contributed by atoms with Crippen LogP contribution in [-0.2, 0) is 16.0 Å². The van der Waals surface area contributed by atoms with E-state index in [1.165, 1.54) is 11.6 Å². The SMILES string of the molecule is Cc1ccc(CCOc2ncc(-c3cnc(C)c(C(OC(C)(C)C)C(=O)O)c3N3CCC(C)(C)CC3)cc2F)cc1. The fraction of sp³-hybridized carbons (Fsp3) is 0.485. The minimum atomic E-state index is -1.24. The van der Waals surface area contributed by atoms with E-state index in [9.17, 15) is 9.90 Å². The third kappa shape index (κ3) is 7.61. The molecule has 7 nitrogen and oxygen atoms in total. The number of aryl methyl sites for hydroxylation is 2. The van der Waals surface area contributed by atoms with Gasteiger partial charge in [-0.15, -0.1) is 0 Å². The number of nitrogens with zero attached hydrogens (tertiary/aromatic N) is 3. The molecular weight excluding hydrogens is 521 g/mol. The smallest absolute Gasteiger partial charge is 0.337 e. The Morgan fingerprint density at radius 2 is 1.76 bits per heavy atom. The van der Waals surface area contributed by atoms with Crippen molar-refractivity contribution in [3.05, 3.63) is 70.9 Å². The number of rotatable bonds is 9. The zero-order chi connectivity index (χ0) is 29.9. The molecule has 1 fully saturated rings. The van der Waals surface area contributed by atoms with Crippen molar-refractivity contribution < 1.29 is 23.8 Å². The van der Waals surface area contributed by atoms with Gasteiger partial charge in [0, 0.05) is 54.3 Å². The quantitative estimate of drug-likeness (QED) is 0.298. The highest BCUT2D eigenvalue weighted by Crippen LogP contribution is 2.43. The number of carboxylic acid groups (broad SMARTS) is 1. The predicted octanol–water partition coefficient (Wildman–Crippen LogP) is 7.09. The summed E-state index contributed by atoms with van der Waals surface area (Å²) < 4.78 is 27.1. The first-order chi connectivity index (χ1) is 19.2. The maximum Gasteiger partial charge on any atom is 0.337 e. The Labute approximate surface area is 242 Å². The van der Waals surface area contributed by atoms with Crippen LogP contribution in [0.5, 0.6) is 5.88 Å². The van der Waals surface area contributed by atoms with E-state index in [1.54, 1.807) is 19.3 Å². The molecule has 0 spiro atoms. The van der Waals surface area contributed by atoms with Crippen LogP contribution >= 0.6 is 0 Å². The van der Waals surface area contributed by atoms with E-state index < -0.39 is 23.5 Å². The number of benzene rings is 1. The van der Waals surface area contributed by atoms with E-state index >= 15 is 4.39 Å². The van der Waals surface area contributed by atoms with Crippen LogP contribution < -0.4 is 9.64 Å². The molecule has 3 aromatic rings. The molecule has 220 valence electrons. The maximum atomic E-state index is 15.3. The van der Waals surface area contributed by atoms with Gasteiger partial charge in [-0.1, -0.05) is 43.7 Å². The molecule has 0 amide bonds. The number of ether oxygens (including phenoxy) is 2. The Morgan fingerprint density at radius 3 is 2.34 bits per heavy atom. The van der Waals surface area contributed by atoms with Crippen molar-refractivity contribution in [3.8, 4) is 17.0 Å². The lowest BCUT2D eigenvalue weighted by Crippen LogP contribution is -2.39. The summed E-state index contributed by atoms with van der Waals surface area (Å²) in [5.74, 6) is -1.75. The van der Waals surface area contributed by atoms with Gasteiger partial charge < -0.3 is 19.5 Å². The number of pyridine rings is 2. The second kappa shape index (κ2) is 12.1. The normalized spacial score (nSPS) is 16.0. The Hall–Kier alpha value is -3.52. The van der Waals surface area contributed by atoms with Crippen molar-refractivity contribution in [2.24, 2.45) is 5.41 Å². The van der Waals surface area contributed by atoms with E-state index in [4.69, 9.17) is 9.47 Å². The predicted molar refractivity (Wildman–Crippen MR) is 159 cm³/mol. The molecule has 0 aliphatic carbocycles. The van der Waals surface area contributed by atoms with Crippen LogP contribution in [0.25, 0.3) is 11.1 Å². The third-order valence-corrected chi connectivity index (χ3v) is 7.55. The van der Waals surface area contributed by atoms with E-state index in [2.05, 4.69) is 28.7 Å². The highest BCUT2D eigenvalue weighted by Gasteiger charge is 2.36. The molecule has 3 heterocycles. The van der Waals surface area contributed by atoms with Crippen molar-refractivity contribution in [1.29, 1.82) is 0 Å². The van der Waals surface area contributed by atoms with Gasteiger partial charge in [-0.25, -0.2) is 14.2 Å². The summed E-state index contributed by atoms with van der Waals surface area (Å²) in [6.45, 7) is 15.5. The van der Waals surface area contributed by atoms with Gasteiger partial charge in [0.1, 0.15) is 0 Å².